The molecule has 0 atom stereocenters. The van der Waals surface area contributed by atoms with Crippen LogP contribution in [0.5, 0.6) is 0 Å². The van der Waals surface area contributed by atoms with Gasteiger partial charge in [0.1, 0.15) is 12.1 Å². The van der Waals surface area contributed by atoms with Crippen molar-refractivity contribution in [3.63, 3.8) is 0 Å². The Morgan fingerprint density at radius 3 is 1.94 bits per heavy atom. The summed E-state index contributed by atoms with van der Waals surface area (Å²) < 4.78 is 0. The molecule has 32 heavy (non-hydrogen) atoms. The van der Waals surface area contributed by atoms with Crippen LogP contribution in [0.4, 0.5) is 17.1 Å². The average molecular weight is 412 g/mol. The van der Waals surface area contributed by atoms with Crippen LogP contribution in [0.25, 0.3) is 11.3 Å². The number of fused-ring (bicyclic) bond motifs is 2. The lowest BCUT2D eigenvalue weighted by molar-refractivity contribution is 0.632. The number of hydrogen-bond donors (Lipinski definition) is 0. The number of benzene rings is 3. The Hall–Kier alpha value is -4.41. The van der Waals surface area contributed by atoms with Gasteiger partial charge in [0, 0.05) is 22.9 Å². The molecule has 0 unspecified atom stereocenters. The second-order valence-corrected chi connectivity index (χ2v) is 8.39. The molecule has 2 heterocycles. The SMILES string of the molecule is CC1(C)c2ccccc2N(c2ccc(-c3ncc(C#N)cc3C#N)cc2)c2ccccc21. The summed E-state index contributed by atoms with van der Waals surface area (Å²) in [5, 5.41) is 18.6. The van der Waals surface area contributed by atoms with Crippen LogP contribution in [0.15, 0.2) is 85.1 Å². The fourth-order valence-corrected chi connectivity index (χ4v) is 4.56. The number of nitriles is 2. The smallest absolute Gasteiger partial charge is 0.101 e. The average Bonchev–Trinajstić information content (AvgIpc) is 2.84. The predicted octanol–water partition coefficient (Wildman–Crippen LogP) is 6.60. The molecule has 0 radical (unpaired) electrons. The molecule has 4 aromatic rings. The fraction of sp³-hybridized carbons (Fsp3) is 0.107. The molecule has 1 aliphatic heterocycles. The van der Waals surface area contributed by atoms with Gasteiger partial charge in [-0.3, -0.25) is 4.98 Å². The lowest BCUT2D eigenvalue weighted by Gasteiger charge is -2.42. The zero-order valence-electron chi connectivity index (χ0n) is 17.9. The number of aromatic nitrogens is 1. The van der Waals surface area contributed by atoms with E-state index in [0.717, 1.165) is 22.6 Å². The summed E-state index contributed by atoms with van der Waals surface area (Å²) in [4.78, 5) is 6.65. The van der Waals surface area contributed by atoms with E-state index in [4.69, 9.17) is 5.26 Å². The van der Waals surface area contributed by atoms with E-state index in [1.807, 2.05) is 18.2 Å². The summed E-state index contributed by atoms with van der Waals surface area (Å²) >= 11 is 0. The predicted molar refractivity (Wildman–Crippen MR) is 126 cm³/mol. The second-order valence-electron chi connectivity index (χ2n) is 8.39. The van der Waals surface area contributed by atoms with Gasteiger partial charge in [0.2, 0.25) is 0 Å². The highest BCUT2D eigenvalue weighted by Gasteiger charge is 2.36. The molecule has 1 aliphatic rings. The molecule has 0 fully saturated rings. The normalized spacial score (nSPS) is 13.4. The van der Waals surface area contributed by atoms with Crippen LogP contribution >= 0.6 is 0 Å². The van der Waals surface area contributed by atoms with Gasteiger partial charge in [-0.25, -0.2) is 0 Å². The van der Waals surface area contributed by atoms with Gasteiger partial charge in [-0.1, -0.05) is 62.4 Å². The summed E-state index contributed by atoms with van der Waals surface area (Å²) in [5.74, 6) is 0. The third-order valence-electron chi connectivity index (χ3n) is 6.17. The molecule has 0 spiro atoms. The summed E-state index contributed by atoms with van der Waals surface area (Å²) in [6.07, 6.45) is 1.50. The van der Waals surface area contributed by atoms with E-state index < -0.39 is 0 Å². The van der Waals surface area contributed by atoms with Crippen molar-refractivity contribution in [2.75, 3.05) is 4.90 Å². The van der Waals surface area contributed by atoms with E-state index in [-0.39, 0.29) is 5.41 Å². The van der Waals surface area contributed by atoms with E-state index in [2.05, 4.69) is 90.5 Å². The highest BCUT2D eigenvalue weighted by molar-refractivity contribution is 5.86. The van der Waals surface area contributed by atoms with Crippen LogP contribution in [0.2, 0.25) is 0 Å². The van der Waals surface area contributed by atoms with Crippen molar-refractivity contribution in [1.29, 1.82) is 10.5 Å². The molecule has 0 N–H and O–H groups in total. The van der Waals surface area contributed by atoms with E-state index >= 15 is 0 Å². The number of pyridine rings is 1. The zero-order chi connectivity index (χ0) is 22.3. The van der Waals surface area contributed by atoms with Crippen molar-refractivity contribution in [3.8, 4) is 23.4 Å². The van der Waals surface area contributed by atoms with Crippen LogP contribution in [-0.2, 0) is 5.41 Å². The second kappa shape index (κ2) is 7.38. The third kappa shape index (κ3) is 2.94. The lowest BCUT2D eigenvalue weighted by Crippen LogP contribution is -2.30. The molecular formula is C28H20N4. The van der Waals surface area contributed by atoms with E-state index in [1.165, 1.54) is 17.3 Å². The summed E-state index contributed by atoms with van der Waals surface area (Å²) in [7, 11) is 0. The highest BCUT2D eigenvalue weighted by atomic mass is 15.2. The van der Waals surface area contributed by atoms with Gasteiger partial charge in [0.05, 0.1) is 28.2 Å². The Kier molecular flexibility index (Phi) is 4.51. The summed E-state index contributed by atoms with van der Waals surface area (Å²) in [6, 6.07) is 30.9. The Morgan fingerprint density at radius 1 is 0.781 bits per heavy atom. The van der Waals surface area contributed by atoms with Crippen LogP contribution in [0.3, 0.4) is 0 Å². The lowest BCUT2D eigenvalue weighted by atomic mass is 9.73. The zero-order valence-corrected chi connectivity index (χ0v) is 17.9. The molecule has 4 nitrogen and oxygen atoms in total. The molecule has 0 amide bonds. The molecule has 0 bridgehead atoms. The van der Waals surface area contributed by atoms with Gasteiger partial charge in [-0.15, -0.1) is 0 Å². The maximum absolute atomic E-state index is 9.52. The maximum atomic E-state index is 9.52. The van der Waals surface area contributed by atoms with Crippen molar-refractivity contribution in [2.24, 2.45) is 0 Å². The van der Waals surface area contributed by atoms with Gasteiger partial charge in [0.15, 0.2) is 0 Å². The summed E-state index contributed by atoms with van der Waals surface area (Å²) in [6.45, 7) is 4.54. The van der Waals surface area contributed by atoms with Gasteiger partial charge < -0.3 is 4.90 Å². The van der Waals surface area contributed by atoms with E-state index in [9.17, 15) is 5.26 Å². The van der Waals surface area contributed by atoms with E-state index in [1.54, 1.807) is 6.07 Å². The highest BCUT2D eigenvalue weighted by Crippen LogP contribution is 2.51. The maximum Gasteiger partial charge on any atom is 0.101 e. The topological polar surface area (TPSA) is 63.7 Å². The first kappa shape index (κ1) is 19.5. The minimum Gasteiger partial charge on any atom is -0.310 e. The summed E-state index contributed by atoms with van der Waals surface area (Å²) in [5.41, 5.74) is 8.03. The quantitative estimate of drug-likeness (QED) is 0.372. The fourth-order valence-electron chi connectivity index (χ4n) is 4.56. The van der Waals surface area contributed by atoms with Crippen LogP contribution < -0.4 is 4.90 Å². The van der Waals surface area contributed by atoms with Gasteiger partial charge in [-0.2, -0.15) is 10.5 Å². The number of anilines is 3. The monoisotopic (exact) mass is 412 g/mol. The standard InChI is InChI=1S/C28H20N4/c1-28(2)23-7-3-5-9-25(23)32(26-10-6-4-8-24(26)28)22-13-11-20(12-14-22)27-21(17-30)15-19(16-29)18-31-27/h3-15,18H,1-2H3. The molecule has 152 valence electrons. The largest absolute Gasteiger partial charge is 0.310 e. The van der Waals surface area contributed by atoms with Crippen molar-refractivity contribution in [3.05, 3.63) is 107 Å². The number of para-hydroxylation sites is 2. The van der Waals surface area contributed by atoms with Crippen molar-refractivity contribution >= 4 is 17.1 Å². The van der Waals surface area contributed by atoms with Crippen LogP contribution in [-0.4, -0.2) is 4.98 Å². The molecule has 5 rings (SSSR count). The van der Waals surface area contributed by atoms with Crippen LogP contribution in [0, 0.1) is 22.7 Å². The first-order valence-electron chi connectivity index (χ1n) is 10.4. The first-order valence-corrected chi connectivity index (χ1v) is 10.4. The number of rotatable bonds is 2. The minimum atomic E-state index is -0.0995. The Morgan fingerprint density at radius 2 is 1.38 bits per heavy atom. The van der Waals surface area contributed by atoms with Crippen molar-refractivity contribution in [2.45, 2.75) is 19.3 Å². The molecule has 0 aliphatic carbocycles. The van der Waals surface area contributed by atoms with Crippen LogP contribution in [0.1, 0.15) is 36.1 Å². The van der Waals surface area contributed by atoms with Crippen molar-refractivity contribution in [1.82, 2.24) is 4.98 Å². The van der Waals surface area contributed by atoms with Gasteiger partial charge in [-0.05, 0) is 41.5 Å². The molecule has 0 saturated carbocycles. The number of nitrogens with zero attached hydrogens (tertiary/aromatic N) is 4. The molecular weight excluding hydrogens is 392 g/mol. The Labute approximate surface area is 187 Å². The number of hydrogen-bond acceptors (Lipinski definition) is 4. The minimum absolute atomic E-state index is 0.0995. The van der Waals surface area contributed by atoms with Crippen molar-refractivity contribution < 1.29 is 0 Å². The molecule has 4 heteroatoms. The molecule has 3 aromatic carbocycles. The Balaban J connectivity index is 1.63. The Bertz CT molecular complexity index is 1370. The third-order valence-corrected chi connectivity index (χ3v) is 6.17. The van der Waals surface area contributed by atoms with E-state index in [0.29, 0.717) is 16.8 Å². The first-order chi connectivity index (χ1) is 15.5. The van der Waals surface area contributed by atoms with Gasteiger partial charge in [0.25, 0.3) is 0 Å². The molecule has 0 saturated heterocycles. The molecule has 1 aromatic heterocycles. The van der Waals surface area contributed by atoms with Gasteiger partial charge >= 0.3 is 0 Å².